The lowest BCUT2D eigenvalue weighted by Crippen LogP contribution is -2.38. The summed E-state index contributed by atoms with van der Waals surface area (Å²) >= 11 is 6.19. The topological polar surface area (TPSA) is 61.4 Å². The van der Waals surface area contributed by atoms with Crippen LogP contribution in [0.15, 0.2) is 47.4 Å². The maximum absolute atomic E-state index is 13.3. The number of fused-ring (bicyclic) bond motifs is 1. The molecule has 2 aliphatic rings. The van der Waals surface area contributed by atoms with Gasteiger partial charge in [-0.25, -0.2) is 8.42 Å². The van der Waals surface area contributed by atoms with Crippen molar-refractivity contribution in [2.45, 2.75) is 36.9 Å². The Labute approximate surface area is 159 Å². The summed E-state index contributed by atoms with van der Waals surface area (Å²) < 4.78 is 28.2. The number of hydrogen-bond acceptors (Lipinski definition) is 4. The monoisotopic (exact) mass is 391 g/mol. The molecular weight excluding hydrogens is 370 g/mol. The smallest absolute Gasteiger partial charge is 0.265 e. The van der Waals surface area contributed by atoms with E-state index in [0.717, 1.165) is 23.4 Å². The van der Waals surface area contributed by atoms with Gasteiger partial charge in [0.25, 0.3) is 10.0 Å². The number of aryl methyl sites for hydroxylation is 1. The van der Waals surface area contributed by atoms with E-state index in [2.05, 4.69) is 23.6 Å². The molecule has 1 unspecified atom stereocenters. The molecule has 26 heavy (non-hydrogen) atoms. The van der Waals surface area contributed by atoms with E-state index in [9.17, 15) is 8.42 Å². The summed E-state index contributed by atoms with van der Waals surface area (Å²) in [5, 5.41) is 7.16. The molecule has 2 heterocycles. The van der Waals surface area contributed by atoms with Gasteiger partial charge in [0.15, 0.2) is 0 Å². The van der Waals surface area contributed by atoms with Crippen LogP contribution < -0.4 is 14.9 Å². The molecule has 0 saturated carbocycles. The number of nitrogens with one attached hydrogen (secondary N) is 2. The van der Waals surface area contributed by atoms with Crippen molar-refractivity contribution in [1.82, 2.24) is 10.6 Å². The van der Waals surface area contributed by atoms with Crippen molar-refractivity contribution < 1.29 is 8.42 Å². The minimum atomic E-state index is -3.72. The van der Waals surface area contributed by atoms with Gasteiger partial charge in [0.05, 0.1) is 16.9 Å². The molecular formula is C19H22ClN3O2S. The van der Waals surface area contributed by atoms with E-state index in [1.165, 1.54) is 4.31 Å². The number of halogens is 1. The molecule has 0 aromatic heterocycles. The van der Waals surface area contributed by atoms with E-state index < -0.39 is 10.0 Å². The number of rotatable bonds is 3. The van der Waals surface area contributed by atoms with Crippen molar-refractivity contribution in [3.05, 3.63) is 58.6 Å². The third-order valence-electron chi connectivity index (χ3n) is 5.21. The van der Waals surface area contributed by atoms with Gasteiger partial charge in [0.2, 0.25) is 0 Å². The number of anilines is 1. The van der Waals surface area contributed by atoms with E-state index in [1.807, 2.05) is 19.1 Å². The van der Waals surface area contributed by atoms with Gasteiger partial charge in [-0.15, -0.1) is 0 Å². The zero-order chi connectivity index (χ0) is 18.5. The molecule has 5 nitrogen and oxygen atoms in total. The van der Waals surface area contributed by atoms with Gasteiger partial charge in [-0.3, -0.25) is 9.62 Å². The van der Waals surface area contributed by atoms with E-state index in [1.54, 1.807) is 24.3 Å². The van der Waals surface area contributed by atoms with Crippen molar-refractivity contribution in [3.8, 4) is 0 Å². The maximum Gasteiger partial charge on any atom is 0.265 e. The van der Waals surface area contributed by atoms with Crippen LogP contribution in [0, 0.1) is 6.92 Å². The highest BCUT2D eigenvalue weighted by molar-refractivity contribution is 7.93. The fraction of sp³-hybridized carbons (Fsp3) is 0.368. The maximum atomic E-state index is 13.3. The average molecular weight is 392 g/mol. The predicted octanol–water partition coefficient (Wildman–Crippen LogP) is 2.85. The van der Waals surface area contributed by atoms with Crippen LogP contribution in [0.4, 0.5) is 5.69 Å². The molecule has 1 saturated heterocycles. The Hall–Kier alpha value is -1.60. The Balaban J connectivity index is 1.78. The first-order chi connectivity index (χ1) is 12.4. The molecule has 0 radical (unpaired) electrons. The standard InChI is InChI=1S/C19H22ClN3O2S/c1-12-7-8-18-14(9-12)15(17-10-21-13(2)22-17)11-23(18)26(24,25)19-6-4-3-5-16(19)20/h3-9,13,15,17,21-22H,10-11H2,1-2H3/t13?,15-,17+/m1/s1. The third-order valence-corrected chi connectivity index (χ3v) is 7.49. The highest BCUT2D eigenvalue weighted by Gasteiger charge is 2.42. The predicted molar refractivity (Wildman–Crippen MR) is 104 cm³/mol. The first-order valence-corrected chi connectivity index (χ1v) is 10.6. The Bertz CT molecular complexity index is 948. The van der Waals surface area contributed by atoms with Crippen LogP contribution in [0.3, 0.4) is 0 Å². The molecule has 2 N–H and O–H groups in total. The van der Waals surface area contributed by atoms with Gasteiger partial charge in [0.1, 0.15) is 4.90 Å². The van der Waals surface area contributed by atoms with Gasteiger partial charge in [0, 0.05) is 25.0 Å². The summed E-state index contributed by atoms with van der Waals surface area (Å²) in [6, 6.07) is 12.8. The molecule has 0 spiro atoms. The number of nitrogens with zero attached hydrogens (tertiary/aromatic N) is 1. The van der Waals surface area contributed by atoms with Gasteiger partial charge in [-0.05, 0) is 37.6 Å². The average Bonchev–Trinajstić information content (AvgIpc) is 3.18. The molecule has 4 rings (SSSR count). The largest absolute Gasteiger partial charge is 0.301 e. The normalized spacial score (nSPS) is 25.5. The molecule has 0 aliphatic carbocycles. The van der Waals surface area contributed by atoms with Crippen molar-refractivity contribution in [1.29, 1.82) is 0 Å². The van der Waals surface area contributed by atoms with Gasteiger partial charge >= 0.3 is 0 Å². The molecule has 2 aromatic rings. The lowest BCUT2D eigenvalue weighted by molar-refractivity contribution is 0.496. The lowest BCUT2D eigenvalue weighted by Gasteiger charge is -2.22. The molecule has 1 fully saturated rings. The molecule has 0 amide bonds. The summed E-state index contributed by atoms with van der Waals surface area (Å²) in [6.07, 6.45) is 0.225. The second-order valence-electron chi connectivity index (χ2n) is 7.04. The minimum absolute atomic E-state index is 0.0969. The van der Waals surface area contributed by atoms with E-state index in [4.69, 9.17) is 11.6 Å². The van der Waals surface area contributed by atoms with Crippen LogP contribution in [0.1, 0.15) is 24.0 Å². The van der Waals surface area contributed by atoms with E-state index in [0.29, 0.717) is 6.54 Å². The highest BCUT2D eigenvalue weighted by Crippen LogP contribution is 2.42. The zero-order valence-corrected chi connectivity index (χ0v) is 16.3. The van der Waals surface area contributed by atoms with Crippen molar-refractivity contribution >= 4 is 27.3 Å². The van der Waals surface area contributed by atoms with Crippen molar-refractivity contribution in [3.63, 3.8) is 0 Å². The Kier molecular flexibility index (Phi) is 4.47. The summed E-state index contributed by atoms with van der Waals surface area (Å²) in [7, 11) is -3.72. The molecule has 2 aromatic carbocycles. The van der Waals surface area contributed by atoms with E-state index in [-0.39, 0.29) is 28.0 Å². The molecule has 3 atom stereocenters. The minimum Gasteiger partial charge on any atom is -0.301 e. The first-order valence-electron chi connectivity index (χ1n) is 8.75. The SMILES string of the molecule is Cc1ccc2c(c1)[C@H]([C@@H]1CNC(C)N1)CN2S(=O)(=O)c1ccccc1Cl. The quantitative estimate of drug-likeness (QED) is 0.844. The number of benzene rings is 2. The molecule has 0 bridgehead atoms. The van der Waals surface area contributed by atoms with Crippen LogP contribution in [0.25, 0.3) is 0 Å². The number of hydrogen-bond donors (Lipinski definition) is 2. The number of sulfonamides is 1. The molecule has 138 valence electrons. The van der Waals surface area contributed by atoms with Crippen LogP contribution in [0.2, 0.25) is 5.02 Å². The van der Waals surface area contributed by atoms with Gasteiger partial charge < -0.3 is 5.32 Å². The summed E-state index contributed by atoms with van der Waals surface area (Å²) in [5.74, 6) is 0.0969. The summed E-state index contributed by atoms with van der Waals surface area (Å²) in [5.41, 5.74) is 2.96. The van der Waals surface area contributed by atoms with Crippen LogP contribution in [0.5, 0.6) is 0 Å². The van der Waals surface area contributed by atoms with Gasteiger partial charge in [-0.2, -0.15) is 0 Å². The molecule has 7 heteroatoms. The fourth-order valence-electron chi connectivity index (χ4n) is 3.92. The van der Waals surface area contributed by atoms with E-state index >= 15 is 0 Å². The first kappa shape index (κ1) is 17.8. The van der Waals surface area contributed by atoms with Gasteiger partial charge in [-0.1, -0.05) is 41.4 Å². The van der Waals surface area contributed by atoms with Crippen LogP contribution in [-0.4, -0.2) is 33.7 Å². The Morgan fingerprint density at radius 1 is 1.19 bits per heavy atom. The highest BCUT2D eigenvalue weighted by atomic mass is 35.5. The summed E-state index contributed by atoms with van der Waals surface area (Å²) in [6.45, 7) is 5.34. The van der Waals surface area contributed by atoms with Crippen LogP contribution in [-0.2, 0) is 10.0 Å². The lowest BCUT2D eigenvalue weighted by atomic mass is 9.93. The van der Waals surface area contributed by atoms with Crippen LogP contribution >= 0.6 is 11.6 Å². The fourth-order valence-corrected chi connectivity index (χ4v) is 5.93. The summed E-state index contributed by atoms with van der Waals surface area (Å²) in [4.78, 5) is 0.153. The zero-order valence-electron chi connectivity index (χ0n) is 14.7. The van der Waals surface area contributed by atoms with Crippen molar-refractivity contribution in [2.24, 2.45) is 0 Å². The Morgan fingerprint density at radius 3 is 2.65 bits per heavy atom. The third kappa shape index (κ3) is 2.91. The Morgan fingerprint density at radius 2 is 1.96 bits per heavy atom. The second kappa shape index (κ2) is 6.53. The second-order valence-corrected chi connectivity index (χ2v) is 9.28. The van der Waals surface area contributed by atoms with Crippen molar-refractivity contribution in [2.75, 3.05) is 17.4 Å². The molecule has 2 aliphatic heterocycles.